The van der Waals surface area contributed by atoms with Crippen molar-refractivity contribution >= 4 is 21.9 Å². The zero-order valence-electron chi connectivity index (χ0n) is 16.1. The summed E-state index contributed by atoms with van der Waals surface area (Å²) < 4.78 is 11.7. The van der Waals surface area contributed by atoms with Crippen LogP contribution in [0.15, 0.2) is 41.1 Å². The van der Waals surface area contributed by atoms with Crippen LogP contribution in [0.25, 0.3) is 33.0 Å². The van der Waals surface area contributed by atoms with Gasteiger partial charge in [-0.1, -0.05) is 13.0 Å². The highest BCUT2D eigenvalue weighted by molar-refractivity contribution is 6.08. The molecule has 4 aromatic rings. The molecule has 2 aromatic heterocycles. The number of nitrogens with zero attached hydrogens (tertiary/aromatic N) is 1. The Morgan fingerprint density at radius 1 is 1.11 bits per heavy atom. The number of furan rings is 1. The Kier molecular flexibility index (Phi) is 3.71. The van der Waals surface area contributed by atoms with Gasteiger partial charge in [0.2, 0.25) is 0 Å². The van der Waals surface area contributed by atoms with Crippen LogP contribution in [-0.2, 0) is 12.8 Å². The zero-order chi connectivity index (χ0) is 18.5. The summed E-state index contributed by atoms with van der Waals surface area (Å²) in [5.74, 6) is 1.04. The van der Waals surface area contributed by atoms with Gasteiger partial charge in [0, 0.05) is 17.0 Å². The molecule has 0 amide bonds. The molecule has 3 nitrogen and oxygen atoms in total. The Morgan fingerprint density at radius 3 is 2.85 bits per heavy atom. The van der Waals surface area contributed by atoms with E-state index >= 15 is 0 Å². The van der Waals surface area contributed by atoms with E-state index in [-0.39, 0.29) is 0 Å². The van der Waals surface area contributed by atoms with E-state index in [1.165, 1.54) is 33.4 Å². The fraction of sp³-hybridized carbons (Fsp3) is 0.292. The Bertz CT molecular complexity index is 1190. The highest BCUT2D eigenvalue weighted by Gasteiger charge is 2.20. The van der Waals surface area contributed by atoms with E-state index in [1.54, 1.807) is 6.26 Å². The molecule has 1 aliphatic heterocycles. The first-order valence-electron chi connectivity index (χ1n) is 9.73. The van der Waals surface area contributed by atoms with Gasteiger partial charge in [-0.25, -0.2) is 0 Å². The number of hydrogen-bond acceptors (Lipinski definition) is 3. The average Bonchev–Trinajstić information content (AvgIpc) is 3.18. The van der Waals surface area contributed by atoms with Crippen LogP contribution in [0.2, 0.25) is 0 Å². The first-order valence-corrected chi connectivity index (χ1v) is 9.73. The molecule has 0 aliphatic carbocycles. The molecule has 3 heterocycles. The third-order valence-corrected chi connectivity index (χ3v) is 5.90. The van der Waals surface area contributed by atoms with Crippen LogP contribution in [0.1, 0.15) is 35.6 Å². The Hall–Kier alpha value is -2.81. The SMILES string of the molecule is CCc1c(-c2ccc3c(c2)CCCO3)c(C)c2c(ncc3ccoc32)c1C. The van der Waals surface area contributed by atoms with Gasteiger partial charge in [-0.2, -0.15) is 0 Å². The van der Waals surface area contributed by atoms with Crippen molar-refractivity contribution in [2.75, 3.05) is 6.61 Å². The Labute approximate surface area is 159 Å². The van der Waals surface area contributed by atoms with Gasteiger partial charge in [0.15, 0.2) is 0 Å². The molecule has 5 rings (SSSR count). The highest BCUT2D eigenvalue weighted by atomic mass is 16.5. The lowest BCUT2D eigenvalue weighted by molar-refractivity contribution is 0.288. The van der Waals surface area contributed by atoms with Crippen molar-refractivity contribution in [1.82, 2.24) is 4.98 Å². The molecule has 0 unspecified atom stereocenters. The fourth-order valence-electron chi connectivity index (χ4n) is 4.59. The zero-order valence-corrected chi connectivity index (χ0v) is 16.1. The molecule has 3 heteroatoms. The maximum Gasteiger partial charge on any atom is 0.145 e. The molecule has 0 atom stereocenters. The quantitative estimate of drug-likeness (QED) is 0.431. The summed E-state index contributed by atoms with van der Waals surface area (Å²) in [6.45, 7) is 7.44. The maximum absolute atomic E-state index is 5.86. The minimum absolute atomic E-state index is 0.822. The van der Waals surface area contributed by atoms with Crippen LogP contribution in [0.5, 0.6) is 5.75 Å². The standard InChI is InChI=1S/C24H23NO2/c1-4-19-14(2)23-22(24-18(13-25-23)9-11-27-24)15(3)21(19)17-7-8-20-16(12-17)6-5-10-26-20/h7-9,11-13H,4-6,10H2,1-3H3. The van der Waals surface area contributed by atoms with Crippen LogP contribution in [-0.4, -0.2) is 11.6 Å². The summed E-state index contributed by atoms with van der Waals surface area (Å²) in [5, 5.41) is 2.19. The van der Waals surface area contributed by atoms with Crippen molar-refractivity contribution in [2.24, 2.45) is 0 Å². The summed E-state index contributed by atoms with van der Waals surface area (Å²) in [6, 6.07) is 8.64. The van der Waals surface area contributed by atoms with E-state index < -0.39 is 0 Å². The molecule has 2 aromatic carbocycles. The third-order valence-electron chi connectivity index (χ3n) is 5.90. The normalized spacial score (nSPS) is 13.7. The van der Waals surface area contributed by atoms with Crippen LogP contribution >= 0.6 is 0 Å². The van der Waals surface area contributed by atoms with Crippen molar-refractivity contribution in [2.45, 2.75) is 40.0 Å². The van der Waals surface area contributed by atoms with E-state index in [1.807, 2.05) is 12.3 Å². The lowest BCUT2D eigenvalue weighted by atomic mass is 9.86. The molecule has 1 aliphatic rings. The predicted octanol–water partition coefficient (Wildman–Crippen LogP) is 6.15. The number of benzene rings is 2. The van der Waals surface area contributed by atoms with Crippen molar-refractivity contribution in [3.05, 3.63) is 59.0 Å². The second-order valence-electron chi connectivity index (χ2n) is 7.42. The average molecular weight is 357 g/mol. The van der Waals surface area contributed by atoms with E-state index in [0.29, 0.717) is 0 Å². The minimum atomic E-state index is 0.822. The van der Waals surface area contributed by atoms with E-state index in [9.17, 15) is 0 Å². The number of aryl methyl sites for hydroxylation is 3. The summed E-state index contributed by atoms with van der Waals surface area (Å²) in [5.41, 5.74) is 9.76. The summed E-state index contributed by atoms with van der Waals surface area (Å²) in [7, 11) is 0. The topological polar surface area (TPSA) is 35.3 Å². The highest BCUT2D eigenvalue weighted by Crippen LogP contribution is 2.40. The molecule has 136 valence electrons. The van der Waals surface area contributed by atoms with Crippen molar-refractivity contribution in [3.8, 4) is 16.9 Å². The number of hydrogen-bond donors (Lipinski definition) is 0. The van der Waals surface area contributed by atoms with E-state index in [2.05, 4.69) is 39.0 Å². The molecular weight excluding hydrogens is 334 g/mol. The largest absolute Gasteiger partial charge is 0.493 e. The second-order valence-corrected chi connectivity index (χ2v) is 7.42. The second kappa shape index (κ2) is 6.12. The molecule has 0 fully saturated rings. The monoisotopic (exact) mass is 357 g/mol. The summed E-state index contributed by atoms with van der Waals surface area (Å²) in [4.78, 5) is 4.78. The summed E-state index contributed by atoms with van der Waals surface area (Å²) in [6.07, 6.45) is 6.82. The Balaban J connectivity index is 1.87. The van der Waals surface area contributed by atoms with E-state index in [4.69, 9.17) is 14.1 Å². The Morgan fingerprint density at radius 2 is 2.00 bits per heavy atom. The number of pyridine rings is 1. The molecule has 27 heavy (non-hydrogen) atoms. The van der Waals surface area contributed by atoms with Crippen LogP contribution < -0.4 is 4.74 Å². The molecule has 0 saturated heterocycles. The molecule has 0 spiro atoms. The van der Waals surface area contributed by atoms with Gasteiger partial charge < -0.3 is 9.15 Å². The third kappa shape index (κ3) is 2.38. The molecule has 0 saturated carbocycles. The first kappa shape index (κ1) is 16.4. The van der Waals surface area contributed by atoms with Crippen LogP contribution in [0.4, 0.5) is 0 Å². The van der Waals surface area contributed by atoms with Crippen molar-refractivity contribution in [3.63, 3.8) is 0 Å². The smallest absolute Gasteiger partial charge is 0.145 e. The van der Waals surface area contributed by atoms with Gasteiger partial charge in [0.25, 0.3) is 0 Å². The minimum Gasteiger partial charge on any atom is -0.493 e. The van der Waals surface area contributed by atoms with Crippen molar-refractivity contribution < 1.29 is 9.15 Å². The predicted molar refractivity (Wildman–Crippen MR) is 110 cm³/mol. The summed E-state index contributed by atoms with van der Waals surface area (Å²) >= 11 is 0. The van der Waals surface area contributed by atoms with Gasteiger partial charge in [0.05, 0.1) is 18.4 Å². The van der Waals surface area contributed by atoms with Gasteiger partial charge in [0.1, 0.15) is 11.3 Å². The van der Waals surface area contributed by atoms with Gasteiger partial charge >= 0.3 is 0 Å². The van der Waals surface area contributed by atoms with Gasteiger partial charge in [-0.15, -0.1) is 0 Å². The lowest BCUT2D eigenvalue weighted by Crippen LogP contribution is -2.08. The number of fused-ring (bicyclic) bond motifs is 4. The lowest BCUT2D eigenvalue weighted by Gasteiger charge is -2.21. The number of aromatic nitrogens is 1. The molecule has 0 radical (unpaired) electrons. The molecule has 0 bridgehead atoms. The number of rotatable bonds is 2. The van der Waals surface area contributed by atoms with Crippen LogP contribution in [0.3, 0.4) is 0 Å². The van der Waals surface area contributed by atoms with Gasteiger partial charge in [-0.05, 0) is 84.7 Å². The molecular formula is C24H23NO2. The first-order chi connectivity index (χ1) is 13.2. The van der Waals surface area contributed by atoms with Crippen molar-refractivity contribution in [1.29, 1.82) is 0 Å². The van der Waals surface area contributed by atoms with Gasteiger partial charge in [-0.3, -0.25) is 4.98 Å². The molecule has 0 N–H and O–H groups in total. The number of ether oxygens (including phenoxy) is 1. The maximum atomic E-state index is 5.86. The van der Waals surface area contributed by atoms with Crippen LogP contribution in [0, 0.1) is 13.8 Å². The van der Waals surface area contributed by atoms with E-state index in [0.717, 1.165) is 53.5 Å². The fourth-order valence-corrected chi connectivity index (χ4v) is 4.59.